The van der Waals surface area contributed by atoms with E-state index < -0.39 is 5.97 Å². The molecule has 1 aliphatic rings. The Kier molecular flexibility index (Phi) is 5.57. The summed E-state index contributed by atoms with van der Waals surface area (Å²) >= 11 is 0. The van der Waals surface area contributed by atoms with E-state index in [1.807, 2.05) is 90.4 Å². The third kappa shape index (κ3) is 3.84. The Bertz CT molecular complexity index is 1310. The minimum absolute atomic E-state index is 0.299. The van der Waals surface area contributed by atoms with Gasteiger partial charge in [-0.3, -0.25) is 9.69 Å². The fourth-order valence-electron chi connectivity index (χ4n) is 4.36. The molecular weight excluding hydrogens is 416 g/mol. The number of hydrogen-bond donors (Lipinski definition) is 0. The van der Waals surface area contributed by atoms with Gasteiger partial charge in [0.1, 0.15) is 12.4 Å². The van der Waals surface area contributed by atoms with E-state index in [1.165, 1.54) is 0 Å². The lowest BCUT2D eigenvalue weighted by atomic mass is 10.0. The average molecular weight is 440 g/mol. The van der Waals surface area contributed by atoms with E-state index in [0.717, 1.165) is 23.0 Å². The van der Waals surface area contributed by atoms with Gasteiger partial charge in [0.15, 0.2) is 6.61 Å². The molecule has 6 nitrogen and oxygen atoms in total. The maximum Gasteiger partial charge on any atom is 0.340 e. The molecule has 0 N–H and O–H groups in total. The predicted octanol–water partition coefficient (Wildman–Crippen LogP) is 4.98. The second kappa shape index (κ2) is 8.82. The number of anilines is 1. The molecule has 5 rings (SSSR count). The summed E-state index contributed by atoms with van der Waals surface area (Å²) in [6, 6.07) is 24.5. The smallest absolute Gasteiger partial charge is 0.340 e. The summed E-state index contributed by atoms with van der Waals surface area (Å²) in [7, 11) is 0. The first kappa shape index (κ1) is 20.8. The highest BCUT2D eigenvalue weighted by molar-refractivity contribution is 6.05. The molecule has 1 atom stereocenters. The standard InChI is InChI=1S/C27H24N2O4/c1-2-28-16-21(20-12-6-7-13-22(20)28)27(31)33-18-26(30)29-23-14-8-9-15-25(23)32-17-24(29)19-10-4-3-5-11-19/h3-16,24H,2,17-18H2,1H3. The predicted molar refractivity (Wildman–Crippen MR) is 127 cm³/mol. The van der Waals surface area contributed by atoms with Gasteiger partial charge in [-0.15, -0.1) is 0 Å². The van der Waals surface area contributed by atoms with Crippen molar-refractivity contribution in [1.29, 1.82) is 0 Å². The Hall–Kier alpha value is -4.06. The van der Waals surface area contributed by atoms with Crippen molar-refractivity contribution in [2.45, 2.75) is 19.5 Å². The lowest BCUT2D eigenvalue weighted by Gasteiger charge is -2.37. The van der Waals surface area contributed by atoms with Crippen LogP contribution in [0.5, 0.6) is 5.75 Å². The van der Waals surface area contributed by atoms with E-state index in [4.69, 9.17) is 9.47 Å². The molecular formula is C27H24N2O4. The van der Waals surface area contributed by atoms with Gasteiger partial charge in [-0.25, -0.2) is 4.79 Å². The number of fused-ring (bicyclic) bond motifs is 2. The normalized spacial score (nSPS) is 15.1. The van der Waals surface area contributed by atoms with Crippen LogP contribution in [0.2, 0.25) is 0 Å². The minimum Gasteiger partial charge on any atom is -0.489 e. The molecule has 0 spiro atoms. The average Bonchev–Trinajstić information content (AvgIpc) is 3.26. The van der Waals surface area contributed by atoms with Gasteiger partial charge in [-0.2, -0.15) is 0 Å². The number of aromatic nitrogens is 1. The van der Waals surface area contributed by atoms with Crippen LogP contribution in [0.3, 0.4) is 0 Å². The zero-order chi connectivity index (χ0) is 22.8. The highest BCUT2D eigenvalue weighted by Gasteiger charge is 2.34. The van der Waals surface area contributed by atoms with Crippen LogP contribution in [0.15, 0.2) is 85.1 Å². The molecule has 166 valence electrons. The summed E-state index contributed by atoms with van der Waals surface area (Å²) in [5.41, 5.74) is 3.05. The summed E-state index contributed by atoms with van der Waals surface area (Å²) in [5.74, 6) is -0.174. The Morgan fingerprint density at radius 2 is 1.70 bits per heavy atom. The Balaban J connectivity index is 1.40. The van der Waals surface area contributed by atoms with Crippen molar-refractivity contribution in [3.8, 4) is 5.75 Å². The Morgan fingerprint density at radius 3 is 2.52 bits per heavy atom. The SMILES string of the molecule is CCn1cc(C(=O)OCC(=O)N2c3ccccc3OCC2c2ccccc2)c2ccccc21. The zero-order valence-electron chi connectivity index (χ0n) is 18.3. The second-order valence-corrected chi connectivity index (χ2v) is 7.89. The molecule has 1 aliphatic heterocycles. The molecule has 0 fully saturated rings. The van der Waals surface area contributed by atoms with E-state index in [1.54, 1.807) is 11.1 Å². The number of para-hydroxylation sites is 3. The van der Waals surface area contributed by atoms with Crippen molar-refractivity contribution in [3.63, 3.8) is 0 Å². The van der Waals surface area contributed by atoms with Crippen LogP contribution < -0.4 is 9.64 Å². The highest BCUT2D eigenvalue weighted by atomic mass is 16.5. The first-order valence-electron chi connectivity index (χ1n) is 11.0. The van der Waals surface area contributed by atoms with E-state index in [-0.39, 0.29) is 18.6 Å². The van der Waals surface area contributed by atoms with Gasteiger partial charge in [-0.05, 0) is 30.7 Å². The maximum atomic E-state index is 13.4. The van der Waals surface area contributed by atoms with Crippen LogP contribution >= 0.6 is 0 Å². The number of rotatable bonds is 5. The molecule has 33 heavy (non-hydrogen) atoms. The van der Waals surface area contributed by atoms with Crippen LogP contribution in [0.25, 0.3) is 10.9 Å². The number of hydrogen-bond acceptors (Lipinski definition) is 4. The van der Waals surface area contributed by atoms with Crippen LogP contribution in [0, 0.1) is 0 Å². The van der Waals surface area contributed by atoms with Crippen LogP contribution in [-0.2, 0) is 16.1 Å². The molecule has 1 unspecified atom stereocenters. The lowest BCUT2D eigenvalue weighted by molar-refractivity contribution is -0.122. The van der Waals surface area contributed by atoms with Crippen molar-refractivity contribution in [3.05, 3.63) is 96.2 Å². The number of carbonyl (C=O) groups is 2. The van der Waals surface area contributed by atoms with Crippen LogP contribution in [0.4, 0.5) is 5.69 Å². The molecule has 0 saturated carbocycles. The van der Waals surface area contributed by atoms with Crippen LogP contribution in [-0.4, -0.2) is 29.7 Å². The van der Waals surface area contributed by atoms with Gasteiger partial charge < -0.3 is 14.0 Å². The molecule has 1 aromatic heterocycles. The molecule has 0 saturated heterocycles. The minimum atomic E-state index is -0.510. The van der Waals surface area contributed by atoms with Gasteiger partial charge in [0.05, 0.1) is 17.3 Å². The number of ether oxygens (including phenoxy) is 2. The van der Waals surface area contributed by atoms with E-state index in [2.05, 4.69) is 0 Å². The zero-order valence-corrected chi connectivity index (χ0v) is 18.3. The topological polar surface area (TPSA) is 60.8 Å². The maximum absolute atomic E-state index is 13.4. The van der Waals surface area contributed by atoms with Crippen LogP contribution in [0.1, 0.15) is 28.9 Å². The van der Waals surface area contributed by atoms with Gasteiger partial charge in [0.2, 0.25) is 0 Å². The van der Waals surface area contributed by atoms with Gasteiger partial charge >= 0.3 is 5.97 Å². The van der Waals surface area contributed by atoms with Crippen molar-refractivity contribution < 1.29 is 19.1 Å². The highest BCUT2D eigenvalue weighted by Crippen LogP contribution is 2.39. The molecule has 2 heterocycles. The van der Waals surface area contributed by atoms with E-state index in [9.17, 15) is 9.59 Å². The lowest BCUT2D eigenvalue weighted by Crippen LogP contribution is -2.43. The largest absolute Gasteiger partial charge is 0.489 e. The fourth-order valence-corrected chi connectivity index (χ4v) is 4.36. The van der Waals surface area contributed by atoms with Crippen molar-refractivity contribution in [2.75, 3.05) is 18.1 Å². The summed E-state index contributed by atoms with van der Waals surface area (Å²) < 4.78 is 13.4. The van der Waals surface area contributed by atoms with Gasteiger partial charge in [-0.1, -0.05) is 60.7 Å². The fraction of sp³-hybridized carbons (Fsp3) is 0.185. The van der Waals surface area contributed by atoms with Gasteiger partial charge in [0.25, 0.3) is 5.91 Å². The molecule has 6 heteroatoms. The molecule has 0 bridgehead atoms. The second-order valence-electron chi connectivity index (χ2n) is 7.89. The Labute approximate surface area is 192 Å². The summed E-state index contributed by atoms with van der Waals surface area (Å²) in [4.78, 5) is 28.0. The summed E-state index contributed by atoms with van der Waals surface area (Å²) in [5, 5.41) is 0.815. The number of benzene rings is 3. The summed E-state index contributed by atoms with van der Waals surface area (Å²) in [6.07, 6.45) is 1.79. The quantitative estimate of drug-likeness (QED) is 0.411. The monoisotopic (exact) mass is 440 g/mol. The number of aryl methyl sites for hydroxylation is 1. The number of carbonyl (C=O) groups excluding carboxylic acids is 2. The number of amides is 1. The van der Waals surface area contributed by atoms with Crippen molar-refractivity contribution in [1.82, 2.24) is 4.57 Å². The third-order valence-corrected chi connectivity index (χ3v) is 5.96. The first-order chi connectivity index (χ1) is 16.2. The molecule has 0 aliphatic carbocycles. The van der Waals surface area contributed by atoms with E-state index >= 15 is 0 Å². The third-order valence-electron chi connectivity index (χ3n) is 5.96. The first-order valence-corrected chi connectivity index (χ1v) is 11.0. The number of esters is 1. The number of nitrogens with zero attached hydrogens (tertiary/aromatic N) is 2. The Morgan fingerprint density at radius 1 is 0.970 bits per heavy atom. The van der Waals surface area contributed by atoms with Crippen molar-refractivity contribution in [2.24, 2.45) is 0 Å². The molecule has 3 aromatic carbocycles. The van der Waals surface area contributed by atoms with E-state index in [0.29, 0.717) is 23.6 Å². The van der Waals surface area contributed by atoms with Crippen molar-refractivity contribution >= 4 is 28.5 Å². The molecule has 4 aromatic rings. The molecule has 1 amide bonds. The van der Waals surface area contributed by atoms with Gasteiger partial charge in [0, 0.05) is 23.6 Å². The molecule has 0 radical (unpaired) electrons. The summed E-state index contributed by atoms with van der Waals surface area (Å²) in [6.45, 7) is 2.72.